The first-order chi connectivity index (χ1) is 26.3. The Hall–Kier alpha value is -7.35. The van der Waals surface area contributed by atoms with E-state index >= 15 is 0 Å². The Labute approximate surface area is 305 Å². The van der Waals surface area contributed by atoms with E-state index in [1.165, 1.54) is 21.9 Å². The van der Waals surface area contributed by atoms with Crippen LogP contribution in [0.25, 0.3) is 99.4 Å². The van der Waals surface area contributed by atoms with Gasteiger partial charge in [-0.2, -0.15) is 5.26 Å². The minimum absolute atomic E-state index is 0.618. The molecule has 0 amide bonds. The summed E-state index contributed by atoms with van der Waals surface area (Å²) in [6.45, 7) is 0. The third-order valence-corrected chi connectivity index (χ3v) is 10.2. The summed E-state index contributed by atoms with van der Waals surface area (Å²) in [5.41, 5.74) is 9.56. The van der Waals surface area contributed by atoms with Gasteiger partial charge in [-0.15, -0.1) is 0 Å². The van der Waals surface area contributed by atoms with Gasteiger partial charge in [0.25, 0.3) is 0 Å². The molecule has 0 aliphatic carbocycles. The van der Waals surface area contributed by atoms with Crippen molar-refractivity contribution in [3.8, 4) is 62.2 Å². The smallest absolute Gasteiger partial charge is 0.160 e. The largest absolute Gasteiger partial charge is 0.455 e. The molecular formula is C49H29N3O. The standard InChI is InChI=1S/C49H29N3O/c50-28-31-24-26-33(27-25-31)37-21-11-23-43-44(34-13-2-1-3-14-34)47(53-48(37)43)35-29-51-49(52-30-35)46-41-19-8-6-17-39(41)45(40-18-7-9-20-42(40)46)38-22-10-15-32-12-4-5-16-36(32)38/h1-27,29-30H. The van der Waals surface area contributed by atoms with Gasteiger partial charge in [0.2, 0.25) is 0 Å². The molecule has 0 radical (unpaired) electrons. The molecule has 0 spiro atoms. The van der Waals surface area contributed by atoms with Gasteiger partial charge in [-0.25, -0.2) is 9.97 Å². The van der Waals surface area contributed by atoms with Crippen LogP contribution in [0.3, 0.4) is 0 Å². The van der Waals surface area contributed by atoms with Crippen LogP contribution in [0.15, 0.2) is 181 Å². The second-order valence-corrected chi connectivity index (χ2v) is 13.2. The predicted molar refractivity (Wildman–Crippen MR) is 216 cm³/mol. The molecule has 2 aromatic heterocycles. The third-order valence-electron chi connectivity index (χ3n) is 10.2. The van der Waals surface area contributed by atoms with Crippen LogP contribution in [0.5, 0.6) is 0 Å². The van der Waals surface area contributed by atoms with Crippen molar-refractivity contribution in [3.05, 3.63) is 182 Å². The van der Waals surface area contributed by atoms with E-state index in [-0.39, 0.29) is 0 Å². The SMILES string of the molecule is N#Cc1ccc(-c2cccc3c(-c4ccccc4)c(-c4cnc(-c5c6ccccc6c(-c6cccc7ccccc67)c6ccccc56)nc4)oc23)cc1. The summed E-state index contributed by atoms with van der Waals surface area (Å²) in [6, 6.07) is 58.7. The van der Waals surface area contributed by atoms with E-state index in [0.717, 1.165) is 65.9 Å². The molecule has 0 fully saturated rings. The zero-order chi connectivity index (χ0) is 35.3. The van der Waals surface area contributed by atoms with Crippen LogP contribution in [0.4, 0.5) is 0 Å². The maximum atomic E-state index is 9.37. The molecule has 4 heteroatoms. The fraction of sp³-hybridized carbons (Fsp3) is 0. The Morgan fingerprint density at radius 1 is 0.415 bits per heavy atom. The van der Waals surface area contributed by atoms with E-state index in [0.29, 0.717) is 17.1 Å². The van der Waals surface area contributed by atoms with Crippen molar-refractivity contribution in [2.24, 2.45) is 0 Å². The van der Waals surface area contributed by atoms with Crippen molar-refractivity contribution in [1.82, 2.24) is 9.97 Å². The van der Waals surface area contributed by atoms with Crippen molar-refractivity contribution in [1.29, 1.82) is 5.26 Å². The van der Waals surface area contributed by atoms with Crippen LogP contribution in [0.1, 0.15) is 5.56 Å². The summed E-state index contributed by atoms with van der Waals surface area (Å²) in [4.78, 5) is 10.2. The number of hydrogen-bond acceptors (Lipinski definition) is 4. The van der Waals surface area contributed by atoms with E-state index in [9.17, 15) is 5.26 Å². The Balaban J connectivity index is 1.17. The summed E-state index contributed by atoms with van der Waals surface area (Å²) in [6.07, 6.45) is 3.77. The highest BCUT2D eigenvalue weighted by Crippen LogP contribution is 2.46. The lowest BCUT2D eigenvalue weighted by Crippen LogP contribution is -1.95. The van der Waals surface area contributed by atoms with Crippen LogP contribution in [-0.4, -0.2) is 9.97 Å². The molecule has 8 aromatic carbocycles. The lowest BCUT2D eigenvalue weighted by Gasteiger charge is -2.18. The van der Waals surface area contributed by atoms with Gasteiger partial charge >= 0.3 is 0 Å². The molecule has 10 rings (SSSR count). The zero-order valence-electron chi connectivity index (χ0n) is 28.5. The number of rotatable bonds is 5. The van der Waals surface area contributed by atoms with E-state index in [2.05, 4.69) is 127 Å². The van der Waals surface area contributed by atoms with Crippen molar-refractivity contribution < 1.29 is 4.42 Å². The van der Waals surface area contributed by atoms with Crippen LogP contribution in [0, 0.1) is 11.3 Å². The van der Waals surface area contributed by atoms with Gasteiger partial charge in [0.05, 0.1) is 17.2 Å². The van der Waals surface area contributed by atoms with Gasteiger partial charge in [-0.3, -0.25) is 0 Å². The van der Waals surface area contributed by atoms with Crippen molar-refractivity contribution in [2.45, 2.75) is 0 Å². The highest BCUT2D eigenvalue weighted by molar-refractivity contribution is 6.23. The molecule has 2 heterocycles. The number of hydrogen-bond donors (Lipinski definition) is 0. The predicted octanol–water partition coefficient (Wildman–Crippen LogP) is 12.9. The average molecular weight is 676 g/mol. The first kappa shape index (κ1) is 30.5. The second-order valence-electron chi connectivity index (χ2n) is 13.2. The quantitative estimate of drug-likeness (QED) is 0.170. The van der Waals surface area contributed by atoms with Crippen LogP contribution in [0.2, 0.25) is 0 Å². The molecule has 0 aliphatic rings. The van der Waals surface area contributed by atoms with Crippen molar-refractivity contribution >= 4 is 43.3 Å². The molecule has 4 nitrogen and oxygen atoms in total. The summed E-state index contributed by atoms with van der Waals surface area (Å²) >= 11 is 0. The van der Waals surface area contributed by atoms with E-state index in [1.807, 2.05) is 54.9 Å². The Morgan fingerprint density at radius 2 is 0.962 bits per heavy atom. The topological polar surface area (TPSA) is 62.7 Å². The molecule has 246 valence electrons. The molecule has 10 aromatic rings. The molecule has 0 atom stereocenters. The molecule has 0 bridgehead atoms. The Kier molecular flexibility index (Phi) is 7.16. The first-order valence-corrected chi connectivity index (χ1v) is 17.6. The number of aromatic nitrogens is 2. The Bertz CT molecular complexity index is 2980. The van der Waals surface area contributed by atoms with Crippen LogP contribution < -0.4 is 0 Å². The van der Waals surface area contributed by atoms with Gasteiger partial charge in [0.1, 0.15) is 11.3 Å². The van der Waals surface area contributed by atoms with Gasteiger partial charge in [0.15, 0.2) is 5.82 Å². The zero-order valence-corrected chi connectivity index (χ0v) is 28.5. The van der Waals surface area contributed by atoms with Crippen molar-refractivity contribution in [2.75, 3.05) is 0 Å². The number of benzene rings is 8. The third kappa shape index (κ3) is 4.98. The average Bonchev–Trinajstić information content (AvgIpc) is 3.63. The molecular weight excluding hydrogens is 647 g/mol. The van der Waals surface area contributed by atoms with Gasteiger partial charge in [0, 0.05) is 34.5 Å². The normalized spacial score (nSPS) is 11.4. The van der Waals surface area contributed by atoms with Gasteiger partial charge in [-0.05, 0) is 66.7 Å². The lowest BCUT2D eigenvalue weighted by atomic mass is 9.86. The number of fused-ring (bicyclic) bond motifs is 4. The Morgan fingerprint density at radius 3 is 1.64 bits per heavy atom. The molecule has 0 N–H and O–H groups in total. The monoisotopic (exact) mass is 675 g/mol. The summed E-state index contributed by atoms with van der Waals surface area (Å²) in [5.74, 6) is 1.36. The van der Waals surface area contributed by atoms with Crippen LogP contribution in [-0.2, 0) is 0 Å². The van der Waals surface area contributed by atoms with E-state index in [4.69, 9.17) is 14.4 Å². The second kappa shape index (κ2) is 12.5. The number of nitrogens with zero attached hydrogens (tertiary/aromatic N) is 3. The fourth-order valence-electron chi connectivity index (χ4n) is 7.84. The van der Waals surface area contributed by atoms with E-state index < -0.39 is 0 Å². The molecule has 0 aliphatic heterocycles. The molecule has 0 saturated carbocycles. The maximum absolute atomic E-state index is 9.37. The number of nitriles is 1. The van der Waals surface area contributed by atoms with Gasteiger partial charge in [-0.1, -0.05) is 152 Å². The maximum Gasteiger partial charge on any atom is 0.160 e. The van der Waals surface area contributed by atoms with Gasteiger partial charge < -0.3 is 4.42 Å². The lowest BCUT2D eigenvalue weighted by molar-refractivity contribution is 0.632. The summed E-state index contributed by atoms with van der Waals surface area (Å²) in [5, 5.41) is 17.3. The number of para-hydroxylation sites is 1. The summed E-state index contributed by atoms with van der Waals surface area (Å²) in [7, 11) is 0. The summed E-state index contributed by atoms with van der Waals surface area (Å²) < 4.78 is 6.82. The number of furan rings is 1. The van der Waals surface area contributed by atoms with Crippen LogP contribution >= 0.6 is 0 Å². The highest BCUT2D eigenvalue weighted by Gasteiger charge is 2.23. The fourth-order valence-corrected chi connectivity index (χ4v) is 7.84. The minimum Gasteiger partial charge on any atom is -0.455 e. The first-order valence-electron chi connectivity index (χ1n) is 17.6. The van der Waals surface area contributed by atoms with E-state index in [1.54, 1.807) is 0 Å². The van der Waals surface area contributed by atoms with Crippen molar-refractivity contribution in [3.63, 3.8) is 0 Å². The molecule has 0 saturated heterocycles. The highest BCUT2D eigenvalue weighted by atomic mass is 16.3. The minimum atomic E-state index is 0.618. The molecule has 0 unspecified atom stereocenters. The molecule has 53 heavy (non-hydrogen) atoms.